The van der Waals surface area contributed by atoms with Crippen molar-refractivity contribution in [2.45, 2.75) is 13.0 Å². The molecule has 0 saturated carbocycles. The second kappa shape index (κ2) is 5.29. The molecule has 0 aromatic carbocycles. The Morgan fingerprint density at radius 2 is 2.06 bits per heavy atom. The molecule has 0 radical (unpaired) electrons. The Hall–Kier alpha value is -2.11. The lowest BCUT2D eigenvalue weighted by atomic mass is 10.2. The molecule has 0 saturated heterocycles. The zero-order valence-electron chi connectivity index (χ0n) is 9.97. The van der Waals surface area contributed by atoms with Crippen LogP contribution in [0.1, 0.15) is 17.3 Å². The minimum atomic E-state index is -1.03. The first-order valence-electron chi connectivity index (χ1n) is 5.09. The third-order valence-corrected chi connectivity index (χ3v) is 2.19. The van der Waals surface area contributed by atoms with Gasteiger partial charge in [-0.25, -0.2) is 9.78 Å². The van der Waals surface area contributed by atoms with Crippen LogP contribution in [0.5, 0.6) is 0 Å². The first kappa shape index (κ1) is 13.0. The second-order valence-corrected chi connectivity index (χ2v) is 3.84. The van der Waals surface area contributed by atoms with E-state index in [2.05, 4.69) is 10.3 Å². The number of pyridine rings is 1. The predicted octanol–water partition coefficient (Wildman–Crippen LogP) is 0.668. The van der Waals surface area contributed by atoms with Crippen LogP contribution in [0.4, 0.5) is 5.82 Å². The maximum absolute atomic E-state index is 11.6. The number of likely N-dealkylation sites (N-methyl/N-ethyl adjacent to an activating group) is 1. The van der Waals surface area contributed by atoms with E-state index < -0.39 is 12.0 Å². The molecule has 0 bridgehead atoms. The third-order valence-electron chi connectivity index (χ3n) is 2.19. The molecule has 0 spiro atoms. The van der Waals surface area contributed by atoms with E-state index in [1.807, 2.05) is 0 Å². The second-order valence-electron chi connectivity index (χ2n) is 3.84. The highest BCUT2D eigenvalue weighted by Gasteiger charge is 2.14. The molecule has 6 heteroatoms. The van der Waals surface area contributed by atoms with Crippen LogP contribution in [0.15, 0.2) is 18.3 Å². The summed E-state index contributed by atoms with van der Waals surface area (Å²) >= 11 is 0. The van der Waals surface area contributed by atoms with Crippen molar-refractivity contribution in [2.24, 2.45) is 0 Å². The van der Waals surface area contributed by atoms with Gasteiger partial charge in [0.2, 0.25) is 5.91 Å². The number of anilines is 1. The van der Waals surface area contributed by atoms with Gasteiger partial charge in [0.25, 0.3) is 0 Å². The molecule has 1 unspecified atom stereocenters. The highest BCUT2D eigenvalue weighted by atomic mass is 16.4. The van der Waals surface area contributed by atoms with E-state index >= 15 is 0 Å². The maximum Gasteiger partial charge on any atom is 0.337 e. The quantitative estimate of drug-likeness (QED) is 0.804. The van der Waals surface area contributed by atoms with E-state index in [9.17, 15) is 9.59 Å². The number of carbonyl (C=O) groups is 2. The van der Waals surface area contributed by atoms with Gasteiger partial charge in [-0.15, -0.1) is 0 Å². The van der Waals surface area contributed by atoms with Crippen molar-refractivity contribution >= 4 is 17.7 Å². The van der Waals surface area contributed by atoms with Gasteiger partial charge in [-0.3, -0.25) is 4.79 Å². The summed E-state index contributed by atoms with van der Waals surface area (Å²) in [4.78, 5) is 27.6. The smallest absolute Gasteiger partial charge is 0.337 e. The minimum absolute atomic E-state index is 0.0749. The molecule has 1 heterocycles. The van der Waals surface area contributed by atoms with E-state index in [4.69, 9.17) is 5.11 Å². The zero-order valence-corrected chi connectivity index (χ0v) is 9.97. The van der Waals surface area contributed by atoms with Gasteiger partial charge in [0.1, 0.15) is 11.9 Å². The summed E-state index contributed by atoms with van der Waals surface area (Å²) in [5.74, 6) is -0.631. The molecule has 0 aliphatic carbocycles. The van der Waals surface area contributed by atoms with Crippen molar-refractivity contribution in [2.75, 3.05) is 19.4 Å². The standard InChI is InChI=1S/C11H15N3O3/c1-7(10(15)14(2)3)13-9-5-4-8(6-12-9)11(16)17/h4-7H,1-3H3,(H,12,13)(H,16,17). The van der Waals surface area contributed by atoms with Crippen LogP contribution in [-0.2, 0) is 4.79 Å². The highest BCUT2D eigenvalue weighted by molar-refractivity contribution is 5.87. The van der Waals surface area contributed by atoms with Crippen molar-refractivity contribution in [1.29, 1.82) is 0 Å². The average Bonchev–Trinajstić information content (AvgIpc) is 2.28. The first-order valence-corrected chi connectivity index (χ1v) is 5.09. The number of carboxylic acid groups (broad SMARTS) is 1. The summed E-state index contributed by atoms with van der Waals surface area (Å²) in [6.07, 6.45) is 1.25. The van der Waals surface area contributed by atoms with Gasteiger partial charge in [-0.1, -0.05) is 0 Å². The number of hydrogen-bond acceptors (Lipinski definition) is 4. The Labute approximate surface area is 99.3 Å². The Bertz CT molecular complexity index is 414. The van der Waals surface area contributed by atoms with Crippen molar-refractivity contribution in [3.8, 4) is 0 Å². The Kier molecular flexibility index (Phi) is 4.03. The molecule has 0 aliphatic rings. The lowest BCUT2D eigenvalue weighted by Gasteiger charge is -2.18. The van der Waals surface area contributed by atoms with Crippen LogP contribution in [0.2, 0.25) is 0 Å². The Morgan fingerprint density at radius 3 is 2.47 bits per heavy atom. The molecule has 92 valence electrons. The molecular formula is C11H15N3O3. The molecule has 1 aromatic rings. The van der Waals surface area contributed by atoms with Crippen molar-refractivity contribution in [3.63, 3.8) is 0 Å². The number of aromatic nitrogens is 1. The molecule has 1 rings (SSSR count). The summed E-state index contributed by atoms with van der Waals surface area (Å²) in [6.45, 7) is 1.72. The first-order chi connectivity index (χ1) is 7.91. The highest BCUT2D eigenvalue weighted by Crippen LogP contribution is 2.07. The molecule has 2 N–H and O–H groups in total. The maximum atomic E-state index is 11.6. The van der Waals surface area contributed by atoms with Gasteiger partial charge in [0, 0.05) is 20.3 Å². The average molecular weight is 237 g/mol. The molecule has 6 nitrogen and oxygen atoms in total. The van der Waals surface area contributed by atoms with Gasteiger partial charge in [0.05, 0.1) is 5.56 Å². The lowest BCUT2D eigenvalue weighted by Crippen LogP contribution is -2.36. The number of nitrogens with zero attached hydrogens (tertiary/aromatic N) is 2. The number of rotatable bonds is 4. The molecule has 1 aromatic heterocycles. The van der Waals surface area contributed by atoms with Crippen molar-refractivity contribution in [3.05, 3.63) is 23.9 Å². The molecule has 0 aliphatic heterocycles. The van der Waals surface area contributed by atoms with E-state index in [1.165, 1.54) is 23.2 Å². The predicted molar refractivity (Wildman–Crippen MR) is 63.0 cm³/mol. The molecule has 17 heavy (non-hydrogen) atoms. The number of aromatic carboxylic acids is 1. The van der Waals surface area contributed by atoms with Crippen LogP contribution in [0.3, 0.4) is 0 Å². The van der Waals surface area contributed by atoms with Gasteiger partial charge in [-0.2, -0.15) is 0 Å². The number of amides is 1. The van der Waals surface area contributed by atoms with Gasteiger partial charge in [0.15, 0.2) is 0 Å². The van der Waals surface area contributed by atoms with Gasteiger partial charge < -0.3 is 15.3 Å². The van der Waals surface area contributed by atoms with E-state index in [0.29, 0.717) is 5.82 Å². The summed E-state index contributed by atoms with van der Waals surface area (Å²) < 4.78 is 0. The van der Waals surface area contributed by atoms with Crippen molar-refractivity contribution in [1.82, 2.24) is 9.88 Å². The number of carboxylic acids is 1. The topological polar surface area (TPSA) is 82.5 Å². The SMILES string of the molecule is CC(Nc1ccc(C(=O)O)cn1)C(=O)N(C)C. The lowest BCUT2D eigenvalue weighted by molar-refractivity contribution is -0.129. The normalized spacial score (nSPS) is 11.7. The van der Waals surface area contributed by atoms with E-state index in [0.717, 1.165) is 0 Å². The summed E-state index contributed by atoms with van der Waals surface area (Å²) in [6, 6.07) is 2.56. The van der Waals surface area contributed by atoms with Gasteiger partial charge >= 0.3 is 5.97 Å². The monoisotopic (exact) mass is 237 g/mol. The fourth-order valence-corrected chi connectivity index (χ4v) is 1.28. The molecule has 1 amide bonds. The number of nitrogens with one attached hydrogen (secondary N) is 1. The minimum Gasteiger partial charge on any atom is -0.478 e. The van der Waals surface area contributed by atoms with Crippen LogP contribution in [0, 0.1) is 0 Å². The largest absolute Gasteiger partial charge is 0.478 e. The third kappa shape index (κ3) is 3.44. The van der Waals surface area contributed by atoms with Gasteiger partial charge in [-0.05, 0) is 19.1 Å². The molecular weight excluding hydrogens is 222 g/mol. The van der Waals surface area contributed by atoms with E-state index in [1.54, 1.807) is 21.0 Å². The molecule has 0 fully saturated rings. The van der Waals surface area contributed by atoms with Crippen LogP contribution < -0.4 is 5.32 Å². The van der Waals surface area contributed by atoms with Crippen LogP contribution >= 0.6 is 0 Å². The Morgan fingerprint density at radius 1 is 1.41 bits per heavy atom. The van der Waals surface area contributed by atoms with Crippen molar-refractivity contribution < 1.29 is 14.7 Å². The van der Waals surface area contributed by atoms with Crippen LogP contribution in [0.25, 0.3) is 0 Å². The Balaban J connectivity index is 2.69. The van der Waals surface area contributed by atoms with Crippen LogP contribution in [-0.4, -0.2) is 47.0 Å². The summed E-state index contributed by atoms with van der Waals surface area (Å²) in [5.41, 5.74) is 0.113. The van der Waals surface area contributed by atoms with E-state index in [-0.39, 0.29) is 11.5 Å². The number of carbonyl (C=O) groups excluding carboxylic acids is 1. The number of hydrogen-bond donors (Lipinski definition) is 2. The zero-order chi connectivity index (χ0) is 13.0. The fraction of sp³-hybridized carbons (Fsp3) is 0.364. The summed E-state index contributed by atoms with van der Waals surface area (Å²) in [5, 5.41) is 11.6. The summed E-state index contributed by atoms with van der Waals surface area (Å²) in [7, 11) is 3.34. The fourth-order valence-electron chi connectivity index (χ4n) is 1.28. The molecule has 1 atom stereocenters.